The first-order valence-corrected chi connectivity index (χ1v) is 4.32. The van der Waals surface area contributed by atoms with Crippen molar-refractivity contribution in [2.45, 2.75) is 39.3 Å². The Morgan fingerprint density at radius 1 is 1.55 bits per heavy atom. The van der Waals surface area contributed by atoms with E-state index in [1.807, 2.05) is 0 Å². The molecular weight excluding hydrogens is 136 g/mol. The summed E-state index contributed by atoms with van der Waals surface area (Å²) in [6.45, 7) is 7.63. The van der Waals surface area contributed by atoms with Gasteiger partial charge in [-0.05, 0) is 27.2 Å². The van der Waals surface area contributed by atoms with Gasteiger partial charge in [-0.15, -0.1) is 0 Å². The molecule has 11 heavy (non-hydrogen) atoms. The van der Waals surface area contributed by atoms with Crippen molar-refractivity contribution >= 4 is 0 Å². The Bertz CT molecular complexity index is 169. The van der Waals surface area contributed by atoms with Crippen LogP contribution in [0.25, 0.3) is 0 Å². The van der Waals surface area contributed by atoms with Gasteiger partial charge in [-0.1, -0.05) is 0 Å². The highest BCUT2D eigenvalue weighted by Crippen LogP contribution is 2.24. The maximum Gasteiger partial charge on any atom is 0.0672 e. The van der Waals surface area contributed by atoms with E-state index in [2.05, 4.69) is 31.7 Å². The molecule has 2 atom stereocenters. The molecule has 2 unspecified atom stereocenters. The second-order valence-corrected chi connectivity index (χ2v) is 3.60. The lowest BCUT2D eigenvalue weighted by molar-refractivity contribution is 0.206. The summed E-state index contributed by atoms with van der Waals surface area (Å²) >= 11 is 0. The maximum absolute atomic E-state index is 8.76. The van der Waals surface area contributed by atoms with Crippen molar-refractivity contribution in [2.24, 2.45) is 5.92 Å². The van der Waals surface area contributed by atoms with Crippen molar-refractivity contribution in [1.29, 1.82) is 5.26 Å². The number of nitrogens with zero attached hydrogens (tertiary/aromatic N) is 2. The molecule has 2 nitrogen and oxygen atoms in total. The molecule has 1 aliphatic rings. The summed E-state index contributed by atoms with van der Waals surface area (Å²) in [5.41, 5.74) is 0. The van der Waals surface area contributed by atoms with Crippen LogP contribution in [-0.4, -0.2) is 23.5 Å². The van der Waals surface area contributed by atoms with Gasteiger partial charge in [0.25, 0.3) is 0 Å². The van der Waals surface area contributed by atoms with Crippen LogP contribution >= 0.6 is 0 Å². The third-order valence-electron chi connectivity index (χ3n) is 2.63. The van der Waals surface area contributed by atoms with Crippen LogP contribution in [0.2, 0.25) is 0 Å². The minimum absolute atomic E-state index is 0.261. The van der Waals surface area contributed by atoms with E-state index in [0.717, 1.165) is 13.0 Å². The Kier molecular flexibility index (Phi) is 2.51. The van der Waals surface area contributed by atoms with Gasteiger partial charge < -0.3 is 0 Å². The molecule has 0 amide bonds. The molecule has 0 N–H and O–H groups in total. The Morgan fingerprint density at radius 2 is 2.18 bits per heavy atom. The number of hydrogen-bond donors (Lipinski definition) is 0. The van der Waals surface area contributed by atoms with E-state index in [1.54, 1.807) is 0 Å². The lowest BCUT2D eigenvalue weighted by Crippen LogP contribution is -2.35. The van der Waals surface area contributed by atoms with E-state index in [-0.39, 0.29) is 5.92 Å². The van der Waals surface area contributed by atoms with E-state index >= 15 is 0 Å². The first-order valence-electron chi connectivity index (χ1n) is 4.32. The molecule has 1 heterocycles. The SMILES string of the molecule is CC(C)N1CCC(C#N)C1C. The van der Waals surface area contributed by atoms with Crippen molar-refractivity contribution < 1.29 is 0 Å². The van der Waals surface area contributed by atoms with Gasteiger partial charge >= 0.3 is 0 Å². The fourth-order valence-corrected chi connectivity index (χ4v) is 1.87. The topological polar surface area (TPSA) is 27.0 Å². The van der Waals surface area contributed by atoms with Crippen molar-refractivity contribution in [3.63, 3.8) is 0 Å². The summed E-state index contributed by atoms with van der Waals surface area (Å²) < 4.78 is 0. The maximum atomic E-state index is 8.76. The van der Waals surface area contributed by atoms with E-state index in [0.29, 0.717) is 12.1 Å². The molecule has 1 rings (SSSR count). The average Bonchev–Trinajstić information content (AvgIpc) is 2.30. The number of nitriles is 1. The van der Waals surface area contributed by atoms with Gasteiger partial charge in [-0.25, -0.2) is 0 Å². The van der Waals surface area contributed by atoms with Crippen LogP contribution < -0.4 is 0 Å². The third-order valence-corrected chi connectivity index (χ3v) is 2.63. The number of rotatable bonds is 1. The molecule has 1 fully saturated rings. The molecule has 62 valence electrons. The van der Waals surface area contributed by atoms with Gasteiger partial charge in [0.15, 0.2) is 0 Å². The molecule has 1 saturated heterocycles. The molecule has 0 saturated carbocycles. The zero-order valence-corrected chi connectivity index (χ0v) is 7.54. The largest absolute Gasteiger partial charge is 0.297 e. The van der Waals surface area contributed by atoms with E-state index in [9.17, 15) is 0 Å². The Labute approximate surface area is 68.8 Å². The normalized spacial score (nSPS) is 32.6. The van der Waals surface area contributed by atoms with E-state index < -0.39 is 0 Å². The average molecular weight is 152 g/mol. The molecule has 1 aliphatic heterocycles. The molecule has 2 heteroatoms. The number of likely N-dealkylation sites (tertiary alicyclic amines) is 1. The minimum Gasteiger partial charge on any atom is -0.297 e. The van der Waals surface area contributed by atoms with Crippen molar-refractivity contribution in [2.75, 3.05) is 6.54 Å². The van der Waals surface area contributed by atoms with Gasteiger partial charge in [-0.3, -0.25) is 4.90 Å². The lowest BCUT2D eigenvalue weighted by atomic mass is 10.0. The van der Waals surface area contributed by atoms with Gasteiger partial charge in [0, 0.05) is 18.6 Å². The standard InChI is InChI=1S/C9H16N2/c1-7(2)11-5-4-9(6-10)8(11)3/h7-9H,4-5H2,1-3H3. The van der Waals surface area contributed by atoms with Crippen LogP contribution in [0.4, 0.5) is 0 Å². The fourth-order valence-electron chi connectivity index (χ4n) is 1.87. The molecule has 0 aromatic rings. The van der Waals surface area contributed by atoms with E-state index in [1.165, 1.54) is 0 Å². The lowest BCUT2D eigenvalue weighted by Gasteiger charge is -2.25. The summed E-state index contributed by atoms with van der Waals surface area (Å²) in [7, 11) is 0. The summed E-state index contributed by atoms with van der Waals surface area (Å²) in [5.74, 6) is 0.261. The van der Waals surface area contributed by atoms with Crippen LogP contribution in [0, 0.1) is 17.2 Å². The second-order valence-electron chi connectivity index (χ2n) is 3.60. The van der Waals surface area contributed by atoms with Crippen LogP contribution in [0.5, 0.6) is 0 Å². The molecule has 0 aromatic carbocycles. The van der Waals surface area contributed by atoms with Crippen LogP contribution in [-0.2, 0) is 0 Å². The zero-order chi connectivity index (χ0) is 8.43. The zero-order valence-electron chi connectivity index (χ0n) is 7.54. The summed E-state index contributed by atoms with van der Waals surface area (Å²) in [5, 5.41) is 8.76. The Balaban J connectivity index is 2.57. The molecular formula is C9H16N2. The van der Waals surface area contributed by atoms with Gasteiger partial charge in [-0.2, -0.15) is 5.26 Å². The highest BCUT2D eigenvalue weighted by Gasteiger charge is 2.31. The molecule has 0 bridgehead atoms. The minimum atomic E-state index is 0.261. The quantitative estimate of drug-likeness (QED) is 0.571. The summed E-state index contributed by atoms with van der Waals surface area (Å²) in [6.07, 6.45) is 1.05. The summed E-state index contributed by atoms with van der Waals surface area (Å²) in [4.78, 5) is 2.40. The van der Waals surface area contributed by atoms with Crippen molar-refractivity contribution in [3.05, 3.63) is 0 Å². The molecule has 0 spiro atoms. The van der Waals surface area contributed by atoms with Crippen molar-refractivity contribution in [1.82, 2.24) is 4.90 Å². The Hall–Kier alpha value is -0.550. The third kappa shape index (κ3) is 1.54. The predicted octanol–water partition coefficient (Wildman–Crippen LogP) is 1.63. The van der Waals surface area contributed by atoms with Crippen molar-refractivity contribution in [3.8, 4) is 6.07 Å². The predicted molar refractivity (Wildman–Crippen MR) is 45.0 cm³/mol. The first kappa shape index (κ1) is 8.55. The van der Waals surface area contributed by atoms with Crippen LogP contribution in [0.1, 0.15) is 27.2 Å². The monoisotopic (exact) mass is 152 g/mol. The highest BCUT2D eigenvalue weighted by atomic mass is 15.2. The van der Waals surface area contributed by atoms with Gasteiger partial charge in [0.05, 0.1) is 12.0 Å². The first-order chi connectivity index (χ1) is 5.16. The van der Waals surface area contributed by atoms with Crippen LogP contribution in [0.15, 0.2) is 0 Å². The number of hydrogen-bond acceptors (Lipinski definition) is 2. The summed E-state index contributed by atoms with van der Waals surface area (Å²) in [6, 6.07) is 3.40. The van der Waals surface area contributed by atoms with Crippen LogP contribution in [0.3, 0.4) is 0 Å². The Morgan fingerprint density at radius 3 is 2.45 bits per heavy atom. The highest BCUT2D eigenvalue weighted by molar-refractivity contribution is 4.97. The van der Waals surface area contributed by atoms with Gasteiger partial charge in [0.2, 0.25) is 0 Å². The van der Waals surface area contributed by atoms with Gasteiger partial charge in [0.1, 0.15) is 0 Å². The van der Waals surface area contributed by atoms with E-state index in [4.69, 9.17) is 5.26 Å². The smallest absolute Gasteiger partial charge is 0.0672 e. The second kappa shape index (κ2) is 3.23. The molecule has 0 aliphatic carbocycles. The fraction of sp³-hybridized carbons (Fsp3) is 0.889. The molecule has 0 radical (unpaired) electrons. The molecule has 0 aromatic heterocycles.